The van der Waals surface area contributed by atoms with E-state index >= 15 is 0 Å². The maximum Gasteiger partial charge on any atom is 0.191 e. The predicted octanol–water partition coefficient (Wildman–Crippen LogP) is 0.671. The highest BCUT2D eigenvalue weighted by molar-refractivity contribution is 7.98. The van der Waals surface area contributed by atoms with Gasteiger partial charge < -0.3 is 11.5 Å². The van der Waals surface area contributed by atoms with Crippen molar-refractivity contribution in [3.63, 3.8) is 0 Å². The summed E-state index contributed by atoms with van der Waals surface area (Å²) in [6.07, 6.45) is 1.88. The maximum atomic E-state index is 5.55. The van der Waals surface area contributed by atoms with Crippen LogP contribution in [0.2, 0.25) is 0 Å². The maximum absolute atomic E-state index is 5.55. The van der Waals surface area contributed by atoms with Crippen molar-refractivity contribution in [3.8, 4) is 0 Å². The Morgan fingerprint density at radius 2 is 1.64 bits per heavy atom. The molecule has 0 fully saturated rings. The molecule has 0 aromatic carbocycles. The van der Waals surface area contributed by atoms with Gasteiger partial charge in [-0.3, -0.25) is 0 Å². The van der Waals surface area contributed by atoms with E-state index in [0.717, 1.165) is 5.56 Å². The minimum Gasteiger partial charge on any atom is -0.383 e. The molecule has 4 N–H and O–H groups in total. The Hall–Kier alpha value is -0.970. The minimum absolute atomic E-state index is 0.460. The number of anilines is 2. The number of hydrogen-bond donors (Lipinski definition) is 2. The Labute approximate surface area is 69.4 Å². The van der Waals surface area contributed by atoms with Gasteiger partial charge in [0, 0.05) is 5.56 Å². The number of hydrogen-bond acceptors (Lipinski definition) is 5. The number of nitrogens with two attached hydrogens (primary N) is 2. The van der Waals surface area contributed by atoms with Crippen LogP contribution in [0, 0.1) is 6.92 Å². The molecular weight excluding hydrogens is 160 g/mol. The molecule has 0 aliphatic rings. The van der Waals surface area contributed by atoms with Crippen molar-refractivity contribution < 1.29 is 0 Å². The summed E-state index contributed by atoms with van der Waals surface area (Å²) in [5.41, 5.74) is 11.9. The topological polar surface area (TPSA) is 77.8 Å². The highest BCUT2D eigenvalue weighted by Gasteiger charge is 2.03. The summed E-state index contributed by atoms with van der Waals surface area (Å²) in [6, 6.07) is 0. The van der Waals surface area contributed by atoms with Crippen molar-refractivity contribution in [1.82, 2.24) is 9.97 Å². The molecule has 0 radical (unpaired) electrons. The van der Waals surface area contributed by atoms with E-state index < -0.39 is 0 Å². The van der Waals surface area contributed by atoms with Crippen LogP contribution in [0.1, 0.15) is 5.56 Å². The molecule has 0 atom stereocenters. The largest absolute Gasteiger partial charge is 0.383 e. The lowest BCUT2D eigenvalue weighted by Gasteiger charge is -2.03. The molecule has 0 saturated heterocycles. The monoisotopic (exact) mass is 170 g/mol. The van der Waals surface area contributed by atoms with Gasteiger partial charge >= 0.3 is 0 Å². The summed E-state index contributed by atoms with van der Waals surface area (Å²) in [4.78, 5) is 8.00. The fourth-order valence-electron chi connectivity index (χ4n) is 0.621. The smallest absolute Gasteiger partial charge is 0.191 e. The SMILES string of the molecule is CSc1nc(N)c(C)c(N)n1. The zero-order valence-electron chi connectivity index (χ0n) is 6.46. The van der Waals surface area contributed by atoms with E-state index in [1.54, 1.807) is 6.92 Å². The second-order valence-corrected chi connectivity index (χ2v) is 2.88. The molecule has 0 unspecified atom stereocenters. The minimum atomic E-state index is 0.460. The van der Waals surface area contributed by atoms with Gasteiger partial charge in [0.05, 0.1) is 0 Å². The number of nitrogens with zero attached hydrogens (tertiary/aromatic N) is 2. The number of aromatic nitrogens is 2. The average Bonchev–Trinajstić information content (AvgIpc) is 1.99. The number of rotatable bonds is 1. The van der Waals surface area contributed by atoms with Gasteiger partial charge in [-0.15, -0.1) is 0 Å². The van der Waals surface area contributed by atoms with Crippen molar-refractivity contribution >= 4 is 23.4 Å². The summed E-state index contributed by atoms with van der Waals surface area (Å²) < 4.78 is 0. The zero-order valence-corrected chi connectivity index (χ0v) is 7.27. The molecule has 1 aromatic heterocycles. The molecule has 0 bridgehead atoms. The van der Waals surface area contributed by atoms with Crippen LogP contribution in [0.3, 0.4) is 0 Å². The third kappa shape index (κ3) is 1.54. The van der Waals surface area contributed by atoms with Gasteiger partial charge in [-0.25, -0.2) is 9.97 Å². The van der Waals surface area contributed by atoms with Gasteiger partial charge in [-0.2, -0.15) is 0 Å². The molecular formula is C6H10N4S. The van der Waals surface area contributed by atoms with Crippen LogP contribution in [0.4, 0.5) is 11.6 Å². The van der Waals surface area contributed by atoms with Crippen molar-refractivity contribution in [3.05, 3.63) is 5.56 Å². The van der Waals surface area contributed by atoms with Gasteiger partial charge in [0.25, 0.3) is 0 Å². The standard InChI is InChI=1S/C6H10N4S/c1-3-4(7)9-6(11-2)10-5(3)8/h1-2H3,(H4,7,8,9,10). The summed E-state index contributed by atoms with van der Waals surface area (Å²) in [6.45, 7) is 1.80. The van der Waals surface area contributed by atoms with Gasteiger partial charge in [-0.05, 0) is 13.2 Å². The molecule has 0 saturated carbocycles. The normalized spacial score (nSPS) is 10.0. The predicted molar refractivity (Wildman–Crippen MR) is 47.4 cm³/mol. The summed E-state index contributed by atoms with van der Waals surface area (Å²) in [5.74, 6) is 0.920. The average molecular weight is 170 g/mol. The molecule has 0 spiro atoms. The van der Waals surface area contributed by atoms with Crippen LogP contribution in [0.5, 0.6) is 0 Å². The van der Waals surface area contributed by atoms with Gasteiger partial charge in [0.2, 0.25) is 0 Å². The Balaban J connectivity index is 3.21. The second-order valence-electron chi connectivity index (χ2n) is 2.11. The molecule has 1 heterocycles. The zero-order chi connectivity index (χ0) is 8.43. The molecule has 0 aliphatic heterocycles. The fraction of sp³-hybridized carbons (Fsp3) is 0.333. The van der Waals surface area contributed by atoms with E-state index in [2.05, 4.69) is 9.97 Å². The number of nitrogen functional groups attached to an aromatic ring is 2. The van der Waals surface area contributed by atoms with Crippen LogP contribution < -0.4 is 11.5 Å². The van der Waals surface area contributed by atoms with E-state index in [1.165, 1.54) is 11.8 Å². The van der Waals surface area contributed by atoms with Crippen molar-refractivity contribution in [2.75, 3.05) is 17.7 Å². The Bertz CT molecular complexity index is 250. The lowest BCUT2D eigenvalue weighted by molar-refractivity contribution is 0.973. The van der Waals surface area contributed by atoms with Gasteiger partial charge in [0.15, 0.2) is 5.16 Å². The first-order valence-corrected chi connectivity index (χ1v) is 4.31. The highest BCUT2D eigenvalue weighted by atomic mass is 32.2. The van der Waals surface area contributed by atoms with Crippen LogP contribution in [0.25, 0.3) is 0 Å². The van der Waals surface area contributed by atoms with Crippen LogP contribution >= 0.6 is 11.8 Å². The molecule has 5 heteroatoms. The van der Waals surface area contributed by atoms with Crippen LogP contribution in [-0.2, 0) is 0 Å². The summed E-state index contributed by atoms with van der Waals surface area (Å²) in [5, 5.41) is 0.616. The van der Waals surface area contributed by atoms with Crippen molar-refractivity contribution in [2.24, 2.45) is 0 Å². The quantitative estimate of drug-likeness (QED) is 0.478. The third-order valence-electron chi connectivity index (χ3n) is 1.38. The molecule has 0 amide bonds. The first-order valence-electron chi connectivity index (χ1n) is 3.08. The fourth-order valence-corrected chi connectivity index (χ4v) is 1.00. The summed E-state index contributed by atoms with van der Waals surface area (Å²) in [7, 11) is 0. The Morgan fingerprint density at radius 3 is 2.00 bits per heavy atom. The molecule has 0 aliphatic carbocycles. The highest BCUT2D eigenvalue weighted by Crippen LogP contribution is 2.17. The lowest BCUT2D eigenvalue weighted by Crippen LogP contribution is -2.03. The van der Waals surface area contributed by atoms with Crippen molar-refractivity contribution in [1.29, 1.82) is 0 Å². The third-order valence-corrected chi connectivity index (χ3v) is 1.93. The Morgan fingerprint density at radius 1 is 1.18 bits per heavy atom. The molecule has 11 heavy (non-hydrogen) atoms. The first-order chi connectivity index (χ1) is 5.15. The lowest BCUT2D eigenvalue weighted by atomic mass is 10.3. The summed E-state index contributed by atoms with van der Waals surface area (Å²) >= 11 is 1.42. The van der Waals surface area contributed by atoms with Gasteiger partial charge in [0.1, 0.15) is 11.6 Å². The molecule has 60 valence electrons. The molecule has 1 rings (SSSR count). The van der Waals surface area contributed by atoms with E-state index in [1.807, 2.05) is 6.26 Å². The van der Waals surface area contributed by atoms with E-state index in [-0.39, 0.29) is 0 Å². The van der Waals surface area contributed by atoms with Crippen LogP contribution in [0.15, 0.2) is 5.16 Å². The van der Waals surface area contributed by atoms with E-state index in [9.17, 15) is 0 Å². The van der Waals surface area contributed by atoms with E-state index in [0.29, 0.717) is 16.8 Å². The first kappa shape index (κ1) is 8.13. The van der Waals surface area contributed by atoms with E-state index in [4.69, 9.17) is 11.5 Å². The Kier molecular flexibility index (Phi) is 2.19. The molecule has 1 aromatic rings. The molecule has 4 nitrogen and oxygen atoms in total. The van der Waals surface area contributed by atoms with Gasteiger partial charge in [-0.1, -0.05) is 11.8 Å². The second kappa shape index (κ2) is 2.96. The van der Waals surface area contributed by atoms with Crippen LogP contribution in [-0.4, -0.2) is 16.2 Å². The number of thioether (sulfide) groups is 1. The van der Waals surface area contributed by atoms with Crippen molar-refractivity contribution in [2.45, 2.75) is 12.1 Å².